The number of nitrogens with zero attached hydrogens (tertiary/aromatic N) is 3. The van der Waals surface area contributed by atoms with Crippen molar-refractivity contribution in [2.24, 2.45) is 10.2 Å². The fourth-order valence-electron chi connectivity index (χ4n) is 3.62. The standard InChI is InChI=1S/C28H31N3O5/c1-5-23(34-4)25(35-6-2)17-11-12-18-31-22-15-9-8-14-21(22)27(28(31)33)30-29-26(32)19-36-24-16-10-7-13-20(24)3/h5,7-11,13-17,33H,1,6,12,18-19H2,2-4H3/b17-11-,25-23-,30-29?. The number of fused-ring (bicyclic) bond motifs is 1. The van der Waals surface area contributed by atoms with Crippen LogP contribution in [0.5, 0.6) is 11.6 Å². The van der Waals surface area contributed by atoms with Crippen LogP contribution < -0.4 is 4.74 Å². The second-order valence-electron chi connectivity index (χ2n) is 7.75. The molecule has 8 nitrogen and oxygen atoms in total. The number of hydrogen-bond donors (Lipinski definition) is 1. The molecule has 0 aliphatic rings. The van der Waals surface area contributed by atoms with Crippen molar-refractivity contribution in [2.75, 3.05) is 20.3 Å². The average molecular weight is 490 g/mol. The molecule has 1 aromatic heterocycles. The first-order valence-corrected chi connectivity index (χ1v) is 11.6. The Morgan fingerprint density at radius 1 is 1.14 bits per heavy atom. The molecule has 36 heavy (non-hydrogen) atoms. The van der Waals surface area contributed by atoms with Crippen molar-refractivity contribution in [3.05, 3.63) is 90.4 Å². The quantitative estimate of drug-likeness (QED) is 0.181. The molecule has 0 radical (unpaired) electrons. The number of carbonyl (C=O) groups excluding carboxylic acids is 1. The number of methoxy groups -OCH3 is 1. The molecule has 2 aromatic carbocycles. The third kappa shape index (κ3) is 6.41. The number of amides is 1. The van der Waals surface area contributed by atoms with Crippen molar-refractivity contribution in [1.82, 2.24) is 4.57 Å². The average Bonchev–Trinajstić information content (AvgIpc) is 3.15. The van der Waals surface area contributed by atoms with Crippen LogP contribution in [0.3, 0.4) is 0 Å². The van der Waals surface area contributed by atoms with Gasteiger partial charge in [-0.2, -0.15) is 0 Å². The molecule has 3 rings (SSSR count). The van der Waals surface area contributed by atoms with Crippen LogP contribution >= 0.6 is 0 Å². The number of allylic oxidation sites excluding steroid dienone is 3. The molecule has 1 heterocycles. The number of aromatic hydroxyl groups is 1. The molecular weight excluding hydrogens is 458 g/mol. The second-order valence-corrected chi connectivity index (χ2v) is 7.75. The smallest absolute Gasteiger partial charge is 0.302 e. The van der Waals surface area contributed by atoms with Gasteiger partial charge in [0.05, 0.1) is 19.2 Å². The molecule has 0 saturated heterocycles. The van der Waals surface area contributed by atoms with Crippen LogP contribution in [0, 0.1) is 6.92 Å². The van der Waals surface area contributed by atoms with Crippen LogP contribution in [-0.2, 0) is 20.8 Å². The summed E-state index contributed by atoms with van der Waals surface area (Å²) < 4.78 is 18.2. The third-order valence-corrected chi connectivity index (χ3v) is 5.36. The predicted octanol–water partition coefficient (Wildman–Crippen LogP) is 6.37. The Labute approximate surface area is 210 Å². The van der Waals surface area contributed by atoms with Gasteiger partial charge in [0.2, 0.25) is 5.88 Å². The maximum Gasteiger partial charge on any atom is 0.302 e. The number of azo groups is 1. The lowest BCUT2D eigenvalue weighted by Gasteiger charge is -2.09. The summed E-state index contributed by atoms with van der Waals surface area (Å²) >= 11 is 0. The van der Waals surface area contributed by atoms with Crippen LogP contribution in [0.4, 0.5) is 5.69 Å². The minimum Gasteiger partial charge on any atom is -0.493 e. The Balaban J connectivity index is 1.75. The van der Waals surface area contributed by atoms with Crippen LogP contribution in [0.25, 0.3) is 10.9 Å². The Bertz CT molecular complexity index is 1300. The minimum atomic E-state index is -0.552. The van der Waals surface area contributed by atoms with E-state index in [9.17, 15) is 9.90 Å². The highest BCUT2D eigenvalue weighted by atomic mass is 16.5. The largest absolute Gasteiger partial charge is 0.493 e. The van der Waals surface area contributed by atoms with E-state index in [4.69, 9.17) is 14.2 Å². The van der Waals surface area contributed by atoms with Crippen molar-refractivity contribution in [3.8, 4) is 11.6 Å². The van der Waals surface area contributed by atoms with E-state index in [1.165, 1.54) is 0 Å². The lowest BCUT2D eigenvalue weighted by molar-refractivity contribution is -0.120. The number of carbonyl (C=O) groups is 1. The summed E-state index contributed by atoms with van der Waals surface area (Å²) in [6.07, 6.45) is 5.93. The molecule has 1 amide bonds. The Kier molecular flexibility index (Phi) is 9.45. The first-order chi connectivity index (χ1) is 17.5. The summed E-state index contributed by atoms with van der Waals surface area (Å²) in [6.45, 7) is 8.24. The van der Waals surface area contributed by atoms with E-state index in [0.717, 1.165) is 11.1 Å². The molecular formula is C28H31N3O5. The zero-order chi connectivity index (χ0) is 25.9. The van der Waals surface area contributed by atoms with E-state index in [1.807, 2.05) is 68.5 Å². The van der Waals surface area contributed by atoms with Gasteiger partial charge in [-0.3, -0.25) is 4.79 Å². The maximum atomic E-state index is 12.3. The summed E-state index contributed by atoms with van der Waals surface area (Å²) in [4.78, 5) is 12.3. The summed E-state index contributed by atoms with van der Waals surface area (Å²) in [5.74, 6) is 1.12. The number of aromatic nitrogens is 1. The van der Waals surface area contributed by atoms with E-state index < -0.39 is 5.91 Å². The van der Waals surface area contributed by atoms with Crippen LogP contribution in [-0.4, -0.2) is 35.9 Å². The van der Waals surface area contributed by atoms with Crippen molar-refractivity contribution in [1.29, 1.82) is 0 Å². The lowest BCUT2D eigenvalue weighted by atomic mass is 10.2. The lowest BCUT2D eigenvalue weighted by Crippen LogP contribution is -2.08. The topological polar surface area (TPSA) is 94.6 Å². The van der Waals surface area contributed by atoms with Gasteiger partial charge in [0.1, 0.15) is 5.75 Å². The summed E-state index contributed by atoms with van der Waals surface area (Å²) in [6, 6.07) is 14.8. The normalized spacial score (nSPS) is 12.2. The van der Waals surface area contributed by atoms with Crippen molar-refractivity contribution in [3.63, 3.8) is 0 Å². The number of benzene rings is 2. The van der Waals surface area contributed by atoms with Crippen LogP contribution in [0.2, 0.25) is 0 Å². The van der Waals surface area contributed by atoms with Gasteiger partial charge in [-0.05, 0) is 50.1 Å². The van der Waals surface area contributed by atoms with E-state index in [1.54, 1.807) is 23.8 Å². The molecule has 0 aliphatic carbocycles. The highest BCUT2D eigenvalue weighted by Gasteiger charge is 2.16. The first kappa shape index (κ1) is 26.3. The zero-order valence-electron chi connectivity index (χ0n) is 20.8. The Morgan fingerprint density at radius 3 is 2.61 bits per heavy atom. The van der Waals surface area contributed by atoms with Gasteiger partial charge >= 0.3 is 5.91 Å². The van der Waals surface area contributed by atoms with Crippen molar-refractivity contribution in [2.45, 2.75) is 26.8 Å². The molecule has 188 valence electrons. The van der Waals surface area contributed by atoms with Gasteiger partial charge in [0, 0.05) is 11.9 Å². The van der Waals surface area contributed by atoms with Crippen molar-refractivity contribution >= 4 is 22.5 Å². The molecule has 8 heteroatoms. The molecule has 0 bridgehead atoms. The fraction of sp³-hybridized carbons (Fsp3) is 0.250. The summed E-state index contributed by atoms with van der Waals surface area (Å²) in [5, 5.41) is 19.4. The number of ether oxygens (including phenoxy) is 3. The maximum absolute atomic E-state index is 12.3. The number of rotatable bonds is 12. The van der Waals surface area contributed by atoms with Crippen LogP contribution in [0.1, 0.15) is 18.9 Å². The second kappa shape index (κ2) is 12.9. The monoisotopic (exact) mass is 489 g/mol. The van der Waals surface area contributed by atoms with Gasteiger partial charge in [-0.25, -0.2) is 0 Å². The molecule has 0 atom stereocenters. The van der Waals surface area contributed by atoms with E-state index in [-0.39, 0.29) is 18.2 Å². The molecule has 1 N–H and O–H groups in total. The third-order valence-electron chi connectivity index (χ3n) is 5.36. The summed E-state index contributed by atoms with van der Waals surface area (Å²) in [7, 11) is 1.56. The van der Waals surface area contributed by atoms with Gasteiger partial charge in [0.15, 0.2) is 23.8 Å². The fourth-order valence-corrected chi connectivity index (χ4v) is 3.62. The summed E-state index contributed by atoms with van der Waals surface area (Å²) in [5.41, 5.74) is 1.94. The molecule has 0 aliphatic heterocycles. The van der Waals surface area contributed by atoms with Crippen molar-refractivity contribution < 1.29 is 24.1 Å². The molecule has 0 saturated carbocycles. The molecule has 0 spiro atoms. The Hall–Kier alpha value is -4.33. The van der Waals surface area contributed by atoms with E-state index >= 15 is 0 Å². The number of para-hydroxylation sites is 2. The number of aryl methyl sites for hydroxylation is 2. The molecule has 0 fully saturated rings. The van der Waals surface area contributed by atoms with Gasteiger partial charge in [-0.15, -0.1) is 10.2 Å². The zero-order valence-corrected chi connectivity index (χ0v) is 20.8. The first-order valence-electron chi connectivity index (χ1n) is 11.6. The highest BCUT2D eigenvalue weighted by molar-refractivity contribution is 5.95. The highest BCUT2D eigenvalue weighted by Crippen LogP contribution is 2.39. The van der Waals surface area contributed by atoms with E-state index in [0.29, 0.717) is 42.2 Å². The Morgan fingerprint density at radius 2 is 1.89 bits per heavy atom. The predicted molar refractivity (Wildman–Crippen MR) is 139 cm³/mol. The molecule has 3 aromatic rings. The van der Waals surface area contributed by atoms with Crippen LogP contribution in [0.15, 0.2) is 95.1 Å². The minimum absolute atomic E-state index is 0.0646. The molecule has 0 unspecified atom stereocenters. The number of hydrogen-bond acceptors (Lipinski definition) is 6. The van der Waals surface area contributed by atoms with Gasteiger partial charge in [0.25, 0.3) is 0 Å². The van der Waals surface area contributed by atoms with E-state index in [2.05, 4.69) is 16.8 Å². The van der Waals surface area contributed by atoms with Gasteiger partial charge < -0.3 is 23.9 Å². The SMILES string of the molecule is C=C/C(OC)=C(\C=C/CCn1c(O)c(N=NC(=O)COc2ccccc2C)c2ccccc21)OCC. The van der Waals surface area contributed by atoms with Gasteiger partial charge in [-0.1, -0.05) is 49.1 Å².